The molecule has 0 aromatic heterocycles. The van der Waals surface area contributed by atoms with Crippen molar-refractivity contribution >= 4 is 17.7 Å². The third-order valence-corrected chi connectivity index (χ3v) is 2.29. The van der Waals surface area contributed by atoms with Crippen molar-refractivity contribution in [3.8, 4) is 0 Å². The fraction of sp³-hybridized carbons (Fsp3) is 0.800. The van der Waals surface area contributed by atoms with Gasteiger partial charge in [0.1, 0.15) is 0 Å². The normalized spacial score (nSPS) is 29.6. The molecular formula is C5H9NOS. The first-order valence-corrected chi connectivity index (χ1v) is 3.75. The van der Waals surface area contributed by atoms with Crippen molar-refractivity contribution in [1.29, 1.82) is 0 Å². The summed E-state index contributed by atoms with van der Waals surface area (Å²) in [5.41, 5.74) is 0. The van der Waals surface area contributed by atoms with Crippen LogP contribution >= 0.6 is 11.8 Å². The topological polar surface area (TPSA) is 29.1 Å². The van der Waals surface area contributed by atoms with Gasteiger partial charge in [-0.1, -0.05) is 0 Å². The standard InChI is InChI=1S/C5H9NOS/c1-4-5(7)6-2-3-8-4/h4H,2-3H2,1H3,(H,6,7). The van der Waals surface area contributed by atoms with Crippen LogP contribution in [0.5, 0.6) is 0 Å². The molecule has 0 bridgehead atoms. The maximum atomic E-state index is 10.7. The summed E-state index contributed by atoms with van der Waals surface area (Å²) in [6.07, 6.45) is 0. The number of carbonyl (C=O) groups excluding carboxylic acids is 1. The lowest BCUT2D eigenvalue weighted by atomic mass is 10.4. The van der Waals surface area contributed by atoms with Gasteiger partial charge in [-0.25, -0.2) is 0 Å². The molecule has 1 rings (SSSR count). The second-order valence-electron chi connectivity index (χ2n) is 1.80. The van der Waals surface area contributed by atoms with Crippen LogP contribution in [-0.2, 0) is 4.79 Å². The number of hydrogen-bond donors (Lipinski definition) is 1. The van der Waals surface area contributed by atoms with Gasteiger partial charge in [-0.15, -0.1) is 11.8 Å². The number of carbonyl (C=O) groups is 1. The van der Waals surface area contributed by atoms with Gasteiger partial charge in [-0.2, -0.15) is 0 Å². The predicted molar refractivity (Wildman–Crippen MR) is 34.9 cm³/mol. The van der Waals surface area contributed by atoms with Crippen LogP contribution < -0.4 is 5.32 Å². The van der Waals surface area contributed by atoms with Crippen molar-refractivity contribution in [1.82, 2.24) is 5.32 Å². The van der Waals surface area contributed by atoms with Crippen LogP contribution in [0, 0.1) is 0 Å². The van der Waals surface area contributed by atoms with E-state index < -0.39 is 0 Å². The van der Waals surface area contributed by atoms with Gasteiger partial charge in [0.2, 0.25) is 5.91 Å². The second-order valence-corrected chi connectivity index (χ2v) is 3.25. The summed E-state index contributed by atoms with van der Waals surface area (Å²) in [6, 6.07) is 0. The molecule has 1 aliphatic heterocycles. The highest BCUT2D eigenvalue weighted by Crippen LogP contribution is 2.12. The first kappa shape index (κ1) is 5.95. The summed E-state index contributed by atoms with van der Waals surface area (Å²) in [4.78, 5) is 10.7. The van der Waals surface area contributed by atoms with Crippen molar-refractivity contribution in [2.75, 3.05) is 12.3 Å². The van der Waals surface area contributed by atoms with Crippen molar-refractivity contribution < 1.29 is 4.79 Å². The molecule has 3 heteroatoms. The van der Waals surface area contributed by atoms with Crippen LogP contribution in [0.1, 0.15) is 6.92 Å². The molecule has 0 saturated carbocycles. The molecule has 1 fully saturated rings. The van der Waals surface area contributed by atoms with E-state index in [1.54, 1.807) is 11.8 Å². The highest BCUT2D eigenvalue weighted by molar-refractivity contribution is 8.00. The Hall–Kier alpha value is -0.180. The summed E-state index contributed by atoms with van der Waals surface area (Å²) in [5.74, 6) is 1.24. The molecule has 1 N–H and O–H groups in total. The van der Waals surface area contributed by atoms with E-state index in [0.29, 0.717) is 0 Å². The van der Waals surface area contributed by atoms with E-state index in [0.717, 1.165) is 12.3 Å². The Labute approximate surface area is 53.0 Å². The first-order valence-electron chi connectivity index (χ1n) is 2.70. The van der Waals surface area contributed by atoms with Gasteiger partial charge in [0.25, 0.3) is 0 Å². The highest BCUT2D eigenvalue weighted by atomic mass is 32.2. The van der Waals surface area contributed by atoms with Gasteiger partial charge in [0.05, 0.1) is 5.25 Å². The minimum Gasteiger partial charge on any atom is -0.354 e. The van der Waals surface area contributed by atoms with Crippen LogP contribution in [0.2, 0.25) is 0 Å². The Morgan fingerprint density at radius 1 is 1.88 bits per heavy atom. The average molecular weight is 131 g/mol. The van der Waals surface area contributed by atoms with E-state index >= 15 is 0 Å². The van der Waals surface area contributed by atoms with E-state index in [-0.39, 0.29) is 11.2 Å². The SMILES string of the molecule is CC1SCCNC1=O. The summed E-state index contributed by atoms with van der Waals surface area (Å²) in [5, 5.41) is 2.94. The summed E-state index contributed by atoms with van der Waals surface area (Å²) in [6.45, 7) is 2.77. The molecule has 0 radical (unpaired) electrons. The van der Waals surface area contributed by atoms with Gasteiger partial charge in [0.15, 0.2) is 0 Å². The van der Waals surface area contributed by atoms with E-state index in [4.69, 9.17) is 0 Å². The van der Waals surface area contributed by atoms with Gasteiger partial charge >= 0.3 is 0 Å². The molecule has 1 aliphatic rings. The lowest BCUT2D eigenvalue weighted by molar-refractivity contribution is -0.120. The van der Waals surface area contributed by atoms with Crippen molar-refractivity contribution in [3.63, 3.8) is 0 Å². The Morgan fingerprint density at radius 3 is 3.00 bits per heavy atom. The van der Waals surface area contributed by atoms with E-state index in [1.165, 1.54) is 0 Å². The van der Waals surface area contributed by atoms with Gasteiger partial charge < -0.3 is 5.32 Å². The van der Waals surface area contributed by atoms with Crippen LogP contribution in [-0.4, -0.2) is 23.5 Å². The van der Waals surface area contributed by atoms with Gasteiger partial charge in [-0.3, -0.25) is 4.79 Å². The zero-order chi connectivity index (χ0) is 5.98. The smallest absolute Gasteiger partial charge is 0.232 e. The molecular weight excluding hydrogens is 122 g/mol. The Kier molecular flexibility index (Phi) is 1.78. The quantitative estimate of drug-likeness (QED) is 0.510. The molecule has 1 saturated heterocycles. The van der Waals surface area contributed by atoms with Crippen LogP contribution in [0.4, 0.5) is 0 Å². The van der Waals surface area contributed by atoms with Crippen molar-refractivity contribution in [2.24, 2.45) is 0 Å². The molecule has 1 atom stereocenters. The number of thioether (sulfide) groups is 1. The second kappa shape index (κ2) is 2.40. The van der Waals surface area contributed by atoms with E-state index in [2.05, 4.69) is 5.32 Å². The molecule has 0 aliphatic carbocycles. The predicted octanol–water partition coefficient (Wildman–Crippen LogP) is 0.238. The Morgan fingerprint density at radius 2 is 2.62 bits per heavy atom. The fourth-order valence-electron chi connectivity index (χ4n) is 0.629. The number of hydrogen-bond acceptors (Lipinski definition) is 2. The van der Waals surface area contributed by atoms with Gasteiger partial charge in [-0.05, 0) is 6.92 Å². The molecule has 0 aromatic rings. The molecule has 1 unspecified atom stereocenters. The lowest BCUT2D eigenvalue weighted by Gasteiger charge is -2.16. The number of nitrogens with one attached hydrogen (secondary N) is 1. The zero-order valence-electron chi connectivity index (χ0n) is 4.81. The molecule has 46 valence electrons. The Bertz CT molecular complexity index is 105. The monoisotopic (exact) mass is 131 g/mol. The fourth-order valence-corrected chi connectivity index (χ4v) is 1.44. The molecule has 1 amide bonds. The summed E-state index contributed by atoms with van der Waals surface area (Å²) < 4.78 is 0. The van der Waals surface area contributed by atoms with Crippen LogP contribution in [0.25, 0.3) is 0 Å². The minimum atomic E-state index is 0.170. The third kappa shape index (κ3) is 1.15. The van der Waals surface area contributed by atoms with Crippen LogP contribution in [0.15, 0.2) is 0 Å². The summed E-state index contributed by atoms with van der Waals surface area (Å²) >= 11 is 1.71. The molecule has 1 heterocycles. The maximum absolute atomic E-state index is 10.7. The lowest BCUT2D eigenvalue weighted by Crippen LogP contribution is -2.37. The molecule has 2 nitrogen and oxygen atoms in total. The zero-order valence-corrected chi connectivity index (χ0v) is 5.62. The summed E-state index contributed by atoms with van der Waals surface area (Å²) in [7, 11) is 0. The third-order valence-electron chi connectivity index (χ3n) is 1.14. The average Bonchev–Trinajstić information content (AvgIpc) is 1.77. The first-order chi connectivity index (χ1) is 3.80. The number of amides is 1. The number of rotatable bonds is 0. The van der Waals surface area contributed by atoms with E-state index in [9.17, 15) is 4.79 Å². The van der Waals surface area contributed by atoms with E-state index in [1.807, 2.05) is 6.92 Å². The molecule has 0 aromatic carbocycles. The van der Waals surface area contributed by atoms with Crippen molar-refractivity contribution in [2.45, 2.75) is 12.2 Å². The Balaban J connectivity index is 2.39. The van der Waals surface area contributed by atoms with Gasteiger partial charge in [0, 0.05) is 12.3 Å². The molecule has 0 spiro atoms. The largest absolute Gasteiger partial charge is 0.354 e. The van der Waals surface area contributed by atoms with Crippen LogP contribution in [0.3, 0.4) is 0 Å². The molecule has 8 heavy (non-hydrogen) atoms. The maximum Gasteiger partial charge on any atom is 0.232 e. The van der Waals surface area contributed by atoms with Crippen molar-refractivity contribution in [3.05, 3.63) is 0 Å². The minimum absolute atomic E-state index is 0.170. The highest BCUT2D eigenvalue weighted by Gasteiger charge is 2.16.